The summed E-state index contributed by atoms with van der Waals surface area (Å²) in [6, 6.07) is 12.4. The van der Waals surface area contributed by atoms with Crippen LogP contribution in [0.3, 0.4) is 0 Å². The first-order valence-corrected chi connectivity index (χ1v) is 5.01. The first-order chi connectivity index (χ1) is 7.31. The van der Waals surface area contributed by atoms with Gasteiger partial charge in [-0.25, -0.2) is 0 Å². The topological polar surface area (TPSA) is 28.7 Å². The van der Waals surface area contributed by atoms with Crippen LogP contribution in [0, 0.1) is 18.3 Å². The summed E-state index contributed by atoms with van der Waals surface area (Å²) in [7, 11) is 0. The van der Waals surface area contributed by atoms with Crippen LogP contribution in [-0.4, -0.2) is 4.57 Å². The second-order valence-corrected chi connectivity index (χ2v) is 3.90. The number of rotatable bonds is 0. The molecule has 2 heterocycles. The van der Waals surface area contributed by atoms with Crippen LogP contribution in [0.5, 0.6) is 0 Å². The number of benzene rings is 1. The van der Waals surface area contributed by atoms with Gasteiger partial charge in [0.25, 0.3) is 0 Å². The lowest BCUT2D eigenvalue weighted by atomic mass is 10.1. The van der Waals surface area contributed by atoms with Gasteiger partial charge in [0.15, 0.2) is 0 Å². The fourth-order valence-corrected chi connectivity index (χ4v) is 2.33. The maximum absolute atomic E-state index is 9.09. The summed E-state index contributed by atoms with van der Waals surface area (Å²) in [6.45, 7) is 2.08. The molecule has 0 amide bonds. The van der Waals surface area contributed by atoms with E-state index in [9.17, 15) is 0 Å². The van der Waals surface area contributed by atoms with Crippen molar-refractivity contribution in [2.45, 2.75) is 13.3 Å². The molecule has 0 saturated heterocycles. The highest BCUT2D eigenvalue weighted by Crippen LogP contribution is 2.32. The van der Waals surface area contributed by atoms with E-state index in [1.165, 1.54) is 17.0 Å². The second kappa shape index (κ2) is 2.74. The molecule has 15 heavy (non-hydrogen) atoms. The van der Waals surface area contributed by atoms with E-state index in [1.807, 2.05) is 12.1 Å². The number of hydrogen-bond donors (Lipinski definition) is 0. The Kier molecular flexibility index (Phi) is 1.52. The molecule has 3 rings (SSSR count). The Morgan fingerprint density at radius 1 is 1.27 bits per heavy atom. The van der Waals surface area contributed by atoms with Crippen LogP contribution in [0.15, 0.2) is 30.3 Å². The van der Waals surface area contributed by atoms with E-state index < -0.39 is 0 Å². The molecule has 2 heteroatoms. The van der Waals surface area contributed by atoms with E-state index in [0.29, 0.717) is 0 Å². The molecule has 2 nitrogen and oxygen atoms in total. The molecule has 0 N–H and O–H groups in total. The van der Waals surface area contributed by atoms with Gasteiger partial charge in [-0.3, -0.25) is 0 Å². The highest BCUT2D eigenvalue weighted by atomic mass is 15.0. The van der Waals surface area contributed by atoms with Gasteiger partial charge in [0, 0.05) is 17.8 Å². The van der Waals surface area contributed by atoms with E-state index in [-0.39, 0.29) is 0 Å². The van der Waals surface area contributed by atoms with Crippen molar-refractivity contribution >= 4 is 0 Å². The monoisotopic (exact) mass is 194 g/mol. The summed E-state index contributed by atoms with van der Waals surface area (Å²) >= 11 is 0. The van der Waals surface area contributed by atoms with Crippen LogP contribution in [-0.2, 0) is 6.42 Å². The molecule has 0 saturated carbocycles. The largest absolute Gasteiger partial charge is 0.316 e. The van der Waals surface area contributed by atoms with Gasteiger partial charge in [-0.2, -0.15) is 5.26 Å². The Labute approximate surface area is 88.4 Å². The van der Waals surface area contributed by atoms with Crippen LogP contribution in [0.1, 0.15) is 22.5 Å². The van der Waals surface area contributed by atoms with Gasteiger partial charge >= 0.3 is 0 Å². The van der Waals surface area contributed by atoms with Crippen molar-refractivity contribution < 1.29 is 0 Å². The van der Waals surface area contributed by atoms with Gasteiger partial charge in [-0.05, 0) is 30.7 Å². The van der Waals surface area contributed by atoms with E-state index in [0.717, 1.165) is 17.7 Å². The minimum absolute atomic E-state index is 0.769. The summed E-state index contributed by atoms with van der Waals surface area (Å²) in [5, 5.41) is 9.09. The highest BCUT2D eigenvalue weighted by molar-refractivity contribution is 5.60. The number of aryl methyl sites for hydroxylation is 1. The molecule has 0 aliphatic carbocycles. The molecule has 0 spiro atoms. The Bertz CT molecular complexity index is 585. The van der Waals surface area contributed by atoms with E-state index in [2.05, 4.69) is 35.8 Å². The first kappa shape index (κ1) is 8.31. The minimum atomic E-state index is 0.769. The van der Waals surface area contributed by atoms with Crippen LogP contribution in [0.4, 0.5) is 0 Å². The van der Waals surface area contributed by atoms with Crippen LogP contribution >= 0.6 is 0 Å². The van der Waals surface area contributed by atoms with Crippen molar-refractivity contribution in [2.24, 2.45) is 0 Å². The predicted molar refractivity (Wildman–Crippen MR) is 58.0 cm³/mol. The van der Waals surface area contributed by atoms with Gasteiger partial charge in [0.2, 0.25) is 0 Å². The third-order valence-electron chi connectivity index (χ3n) is 2.99. The summed E-state index contributed by atoms with van der Waals surface area (Å²) < 4.78 is 2.19. The molecular formula is C13H10N2. The number of hydrogen-bond acceptors (Lipinski definition) is 1. The maximum Gasteiger partial charge on any atom is 0.101 e. The molecule has 1 aliphatic heterocycles. The van der Waals surface area contributed by atoms with Crippen molar-refractivity contribution in [1.29, 1.82) is 5.26 Å². The third-order valence-corrected chi connectivity index (χ3v) is 2.99. The average Bonchev–Trinajstić information content (AvgIpc) is 2.78. The number of nitrogens with zero attached hydrogens (tertiary/aromatic N) is 2. The smallest absolute Gasteiger partial charge is 0.101 e. The van der Waals surface area contributed by atoms with Crippen LogP contribution < -0.4 is 0 Å². The molecule has 0 fully saturated rings. The average molecular weight is 194 g/mol. The molecule has 0 unspecified atom stereocenters. The Hall–Kier alpha value is -2.01. The SMILES string of the molecule is Cc1ccc2n1-c1c(C#N)cccc1C2. The molecule has 2 aromatic rings. The van der Waals surface area contributed by atoms with Crippen molar-refractivity contribution in [3.05, 3.63) is 52.8 Å². The van der Waals surface area contributed by atoms with Gasteiger partial charge in [-0.1, -0.05) is 12.1 Å². The van der Waals surface area contributed by atoms with Gasteiger partial charge in [-0.15, -0.1) is 0 Å². The molecule has 0 atom stereocenters. The molecule has 1 aliphatic rings. The number of fused-ring (bicyclic) bond motifs is 3. The minimum Gasteiger partial charge on any atom is -0.316 e. The Morgan fingerprint density at radius 3 is 2.93 bits per heavy atom. The lowest BCUT2D eigenvalue weighted by Gasteiger charge is -2.06. The van der Waals surface area contributed by atoms with Gasteiger partial charge in [0.1, 0.15) is 6.07 Å². The molecule has 72 valence electrons. The van der Waals surface area contributed by atoms with Crippen molar-refractivity contribution in [2.75, 3.05) is 0 Å². The number of nitriles is 1. The van der Waals surface area contributed by atoms with Crippen molar-refractivity contribution in [1.82, 2.24) is 4.57 Å². The fourth-order valence-electron chi connectivity index (χ4n) is 2.33. The highest BCUT2D eigenvalue weighted by Gasteiger charge is 2.21. The third kappa shape index (κ3) is 0.977. The lowest BCUT2D eigenvalue weighted by Crippen LogP contribution is -1.97. The zero-order valence-corrected chi connectivity index (χ0v) is 8.49. The first-order valence-electron chi connectivity index (χ1n) is 5.01. The normalized spacial score (nSPS) is 12.0. The zero-order chi connectivity index (χ0) is 10.4. The summed E-state index contributed by atoms with van der Waals surface area (Å²) in [4.78, 5) is 0. The van der Waals surface area contributed by atoms with Crippen molar-refractivity contribution in [3.8, 4) is 11.8 Å². The van der Waals surface area contributed by atoms with Crippen LogP contribution in [0.25, 0.3) is 5.69 Å². The van der Waals surface area contributed by atoms with E-state index >= 15 is 0 Å². The predicted octanol–water partition coefficient (Wildman–Crippen LogP) is 2.56. The lowest BCUT2D eigenvalue weighted by molar-refractivity contribution is 0.993. The molecule has 1 aromatic carbocycles. The standard InChI is InChI=1S/C13H10N2/c1-9-5-6-12-7-10-3-2-4-11(8-14)13(10)15(9)12/h2-6H,7H2,1H3. The summed E-state index contributed by atoms with van der Waals surface area (Å²) in [5.74, 6) is 0. The second-order valence-electron chi connectivity index (χ2n) is 3.90. The van der Waals surface area contributed by atoms with Gasteiger partial charge in [0.05, 0.1) is 11.3 Å². The Balaban J connectivity index is 2.39. The zero-order valence-electron chi connectivity index (χ0n) is 8.49. The molecule has 0 bridgehead atoms. The van der Waals surface area contributed by atoms with Gasteiger partial charge < -0.3 is 4.57 Å². The molecule has 0 radical (unpaired) electrons. The van der Waals surface area contributed by atoms with E-state index in [1.54, 1.807) is 0 Å². The summed E-state index contributed by atoms with van der Waals surface area (Å²) in [6.07, 6.45) is 0.943. The number of aromatic nitrogens is 1. The summed E-state index contributed by atoms with van der Waals surface area (Å²) in [5.41, 5.74) is 5.59. The molecule has 1 aromatic heterocycles. The Morgan fingerprint density at radius 2 is 2.13 bits per heavy atom. The fraction of sp³-hybridized carbons (Fsp3) is 0.154. The quantitative estimate of drug-likeness (QED) is 0.540. The van der Waals surface area contributed by atoms with E-state index in [4.69, 9.17) is 5.26 Å². The molecular weight excluding hydrogens is 184 g/mol. The number of para-hydroxylation sites is 1. The van der Waals surface area contributed by atoms with Crippen LogP contribution in [0.2, 0.25) is 0 Å². The van der Waals surface area contributed by atoms with Crippen molar-refractivity contribution in [3.63, 3.8) is 0 Å². The maximum atomic E-state index is 9.09.